The van der Waals surface area contributed by atoms with E-state index in [0.717, 1.165) is 55.9 Å². The summed E-state index contributed by atoms with van der Waals surface area (Å²) in [5.41, 5.74) is 1.15. The number of aliphatic imine (C=N–C) groups is 1. The zero-order valence-corrected chi connectivity index (χ0v) is 15.7. The average molecular weight is 357 g/mol. The highest BCUT2D eigenvalue weighted by Gasteiger charge is 2.21. The van der Waals surface area contributed by atoms with Crippen molar-refractivity contribution in [2.45, 2.75) is 13.5 Å². The first kappa shape index (κ1) is 18.0. The normalized spacial score (nSPS) is 15.3. The molecule has 1 fully saturated rings. The first-order valence-electron chi connectivity index (χ1n) is 8.97. The number of piperazine rings is 1. The third-order valence-electron chi connectivity index (χ3n) is 4.52. The molecular weight excluding hydrogens is 330 g/mol. The number of hydrogen-bond acceptors (Lipinski definition) is 5. The summed E-state index contributed by atoms with van der Waals surface area (Å²) in [4.78, 5) is 9.40. The van der Waals surface area contributed by atoms with E-state index in [0.29, 0.717) is 6.54 Å². The SMILES string of the molecule is CCNC(=NCc1nncn1C)N1CCN(c2ccccc2OC)CC1. The van der Waals surface area contributed by atoms with Gasteiger partial charge in [-0.15, -0.1) is 10.2 Å². The van der Waals surface area contributed by atoms with Crippen LogP contribution in [0.2, 0.25) is 0 Å². The van der Waals surface area contributed by atoms with Crippen LogP contribution in [0.15, 0.2) is 35.6 Å². The number of guanidine groups is 1. The lowest BCUT2D eigenvalue weighted by Crippen LogP contribution is -2.52. The van der Waals surface area contributed by atoms with E-state index >= 15 is 0 Å². The van der Waals surface area contributed by atoms with Crippen molar-refractivity contribution in [1.29, 1.82) is 0 Å². The van der Waals surface area contributed by atoms with Gasteiger partial charge < -0.3 is 24.4 Å². The highest BCUT2D eigenvalue weighted by atomic mass is 16.5. The van der Waals surface area contributed by atoms with E-state index in [2.05, 4.69) is 44.4 Å². The molecule has 0 spiro atoms. The predicted octanol–water partition coefficient (Wildman–Crippen LogP) is 1.11. The van der Waals surface area contributed by atoms with Gasteiger partial charge in [0.2, 0.25) is 0 Å². The number of methoxy groups -OCH3 is 1. The van der Waals surface area contributed by atoms with Gasteiger partial charge in [0.05, 0.1) is 12.8 Å². The zero-order chi connectivity index (χ0) is 18.4. The van der Waals surface area contributed by atoms with Crippen molar-refractivity contribution in [2.75, 3.05) is 44.7 Å². The van der Waals surface area contributed by atoms with Gasteiger partial charge in [-0.1, -0.05) is 12.1 Å². The smallest absolute Gasteiger partial charge is 0.194 e. The highest BCUT2D eigenvalue weighted by molar-refractivity contribution is 5.80. The molecule has 0 bridgehead atoms. The second kappa shape index (κ2) is 8.55. The van der Waals surface area contributed by atoms with E-state index in [1.807, 2.05) is 23.7 Å². The Morgan fingerprint density at radius 1 is 1.23 bits per heavy atom. The molecule has 1 aliphatic heterocycles. The largest absolute Gasteiger partial charge is 0.495 e. The molecule has 0 saturated carbocycles. The van der Waals surface area contributed by atoms with Gasteiger partial charge in [0.1, 0.15) is 18.6 Å². The lowest BCUT2D eigenvalue weighted by Gasteiger charge is -2.38. The van der Waals surface area contributed by atoms with Crippen molar-refractivity contribution in [2.24, 2.45) is 12.0 Å². The van der Waals surface area contributed by atoms with Crippen LogP contribution in [0.25, 0.3) is 0 Å². The molecule has 3 rings (SSSR count). The van der Waals surface area contributed by atoms with E-state index in [4.69, 9.17) is 9.73 Å². The van der Waals surface area contributed by atoms with Crippen LogP contribution in [-0.2, 0) is 13.6 Å². The van der Waals surface area contributed by atoms with E-state index < -0.39 is 0 Å². The number of nitrogens with one attached hydrogen (secondary N) is 1. The van der Waals surface area contributed by atoms with Gasteiger partial charge >= 0.3 is 0 Å². The quantitative estimate of drug-likeness (QED) is 0.639. The Morgan fingerprint density at radius 3 is 2.65 bits per heavy atom. The molecule has 1 saturated heterocycles. The van der Waals surface area contributed by atoms with Crippen LogP contribution in [0, 0.1) is 0 Å². The number of nitrogens with zero attached hydrogens (tertiary/aromatic N) is 6. The van der Waals surface area contributed by atoms with Gasteiger partial charge in [-0.3, -0.25) is 0 Å². The Hall–Kier alpha value is -2.77. The highest BCUT2D eigenvalue weighted by Crippen LogP contribution is 2.28. The maximum atomic E-state index is 5.50. The van der Waals surface area contributed by atoms with Gasteiger partial charge in [-0.05, 0) is 19.1 Å². The van der Waals surface area contributed by atoms with Crippen molar-refractivity contribution in [3.05, 3.63) is 36.4 Å². The van der Waals surface area contributed by atoms with E-state index in [-0.39, 0.29) is 0 Å². The first-order chi connectivity index (χ1) is 12.7. The number of anilines is 1. The van der Waals surface area contributed by atoms with Crippen molar-refractivity contribution in [3.63, 3.8) is 0 Å². The number of ether oxygens (including phenoxy) is 1. The molecule has 1 aromatic heterocycles. The first-order valence-corrected chi connectivity index (χ1v) is 8.97. The number of hydrogen-bond donors (Lipinski definition) is 1. The Bertz CT molecular complexity index is 735. The van der Waals surface area contributed by atoms with Gasteiger partial charge in [-0.2, -0.15) is 0 Å². The van der Waals surface area contributed by atoms with Gasteiger partial charge in [0, 0.05) is 39.8 Å². The molecule has 2 heterocycles. The van der Waals surface area contributed by atoms with Crippen molar-refractivity contribution >= 4 is 11.6 Å². The number of benzene rings is 1. The Balaban J connectivity index is 1.65. The fourth-order valence-corrected chi connectivity index (χ4v) is 3.07. The molecule has 0 radical (unpaired) electrons. The molecular formula is C18H27N7O. The van der Waals surface area contributed by atoms with Crippen LogP contribution in [0.3, 0.4) is 0 Å². The van der Waals surface area contributed by atoms with Crippen molar-refractivity contribution in [3.8, 4) is 5.75 Å². The fourth-order valence-electron chi connectivity index (χ4n) is 3.07. The Labute approximate surface area is 154 Å². The van der Waals surface area contributed by atoms with E-state index in [9.17, 15) is 0 Å². The van der Waals surface area contributed by atoms with Crippen LogP contribution in [0.5, 0.6) is 5.75 Å². The number of para-hydroxylation sites is 2. The Kier molecular flexibility index (Phi) is 5.93. The summed E-state index contributed by atoms with van der Waals surface area (Å²) in [6.45, 7) is 7.10. The summed E-state index contributed by atoms with van der Waals surface area (Å²) >= 11 is 0. The molecule has 1 N–H and O–H groups in total. The molecule has 0 unspecified atom stereocenters. The maximum absolute atomic E-state index is 5.50. The molecule has 0 amide bonds. The van der Waals surface area contributed by atoms with Crippen LogP contribution >= 0.6 is 0 Å². The summed E-state index contributed by atoms with van der Waals surface area (Å²) in [6.07, 6.45) is 1.70. The predicted molar refractivity (Wildman–Crippen MR) is 103 cm³/mol. The third kappa shape index (κ3) is 4.07. The van der Waals surface area contributed by atoms with Crippen molar-refractivity contribution in [1.82, 2.24) is 25.0 Å². The molecule has 8 nitrogen and oxygen atoms in total. The zero-order valence-electron chi connectivity index (χ0n) is 15.7. The molecule has 0 atom stereocenters. The average Bonchev–Trinajstić information content (AvgIpc) is 3.10. The second-order valence-electron chi connectivity index (χ2n) is 6.17. The summed E-state index contributed by atoms with van der Waals surface area (Å²) in [5.74, 6) is 2.70. The lowest BCUT2D eigenvalue weighted by atomic mass is 10.2. The molecule has 140 valence electrons. The maximum Gasteiger partial charge on any atom is 0.194 e. The third-order valence-corrected chi connectivity index (χ3v) is 4.52. The number of aryl methyl sites for hydroxylation is 1. The monoisotopic (exact) mass is 357 g/mol. The fraction of sp³-hybridized carbons (Fsp3) is 0.500. The van der Waals surface area contributed by atoms with Crippen LogP contribution in [0.4, 0.5) is 5.69 Å². The summed E-state index contributed by atoms with van der Waals surface area (Å²) in [5, 5.41) is 11.4. The van der Waals surface area contributed by atoms with Crippen LogP contribution in [0.1, 0.15) is 12.7 Å². The lowest BCUT2D eigenvalue weighted by molar-refractivity contribution is 0.367. The van der Waals surface area contributed by atoms with Gasteiger partial charge in [-0.25, -0.2) is 4.99 Å². The van der Waals surface area contributed by atoms with E-state index in [1.165, 1.54) is 0 Å². The molecule has 1 aromatic carbocycles. The summed E-state index contributed by atoms with van der Waals surface area (Å²) < 4.78 is 7.39. The van der Waals surface area contributed by atoms with Gasteiger partial charge in [0.15, 0.2) is 11.8 Å². The molecule has 1 aliphatic rings. The van der Waals surface area contributed by atoms with E-state index in [1.54, 1.807) is 13.4 Å². The topological polar surface area (TPSA) is 70.8 Å². The molecule has 0 aliphatic carbocycles. The summed E-state index contributed by atoms with van der Waals surface area (Å²) in [6, 6.07) is 8.17. The van der Waals surface area contributed by atoms with Gasteiger partial charge in [0.25, 0.3) is 0 Å². The second-order valence-corrected chi connectivity index (χ2v) is 6.17. The van der Waals surface area contributed by atoms with Crippen molar-refractivity contribution < 1.29 is 4.74 Å². The Morgan fingerprint density at radius 2 is 2.00 bits per heavy atom. The number of rotatable bonds is 5. The molecule has 2 aromatic rings. The molecule has 8 heteroatoms. The minimum absolute atomic E-state index is 0.519. The standard InChI is InChI=1S/C18H27N7O/c1-4-19-18(20-13-17-22-21-14-23(17)2)25-11-9-24(10-12-25)15-7-5-6-8-16(15)26-3/h5-8,14H,4,9-13H2,1-3H3,(H,19,20). The molecule has 26 heavy (non-hydrogen) atoms. The minimum Gasteiger partial charge on any atom is -0.495 e. The minimum atomic E-state index is 0.519. The van der Waals surface area contributed by atoms with Crippen LogP contribution in [-0.4, -0.2) is 65.5 Å². The summed E-state index contributed by atoms with van der Waals surface area (Å²) in [7, 11) is 3.65. The van der Waals surface area contributed by atoms with Crippen LogP contribution < -0.4 is 15.0 Å². The number of aromatic nitrogens is 3.